The van der Waals surface area contributed by atoms with Crippen molar-refractivity contribution in [3.8, 4) is 0 Å². The molecule has 0 saturated heterocycles. The zero-order chi connectivity index (χ0) is 13.2. The highest BCUT2D eigenvalue weighted by Crippen LogP contribution is 2.46. The van der Waals surface area contributed by atoms with E-state index >= 15 is 0 Å². The first-order valence-corrected chi connectivity index (χ1v) is 6.78. The molecule has 100 valence electrons. The van der Waals surface area contributed by atoms with Gasteiger partial charge in [0.2, 0.25) is 0 Å². The third-order valence-electron chi connectivity index (χ3n) is 4.43. The van der Waals surface area contributed by atoms with Gasteiger partial charge in [0.15, 0.2) is 0 Å². The van der Waals surface area contributed by atoms with Gasteiger partial charge >= 0.3 is 0 Å². The Bertz CT molecular complexity index is 388. The molecule has 1 fully saturated rings. The molecular weight excluding hydrogens is 222 g/mol. The van der Waals surface area contributed by atoms with Crippen LogP contribution in [0.4, 0.5) is 0 Å². The van der Waals surface area contributed by atoms with E-state index in [1.807, 2.05) is 12.4 Å². The van der Waals surface area contributed by atoms with E-state index in [1.54, 1.807) is 0 Å². The lowest BCUT2D eigenvalue weighted by molar-refractivity contribution is 0.111. The van der Waals surface area contributed by atoms with Gasteiger partial charge in [-0.25, -0.2) is 0 Å². The summed E-state index contributed by atoms with van der Waals surface area (Å²) in [6.07, 6.45) is 7.38. The lowest BCUT2D eigenvalue weighted by Gasteiger charge is -2.39. The zero-order valence-electron chi connectivity index (χ0n) is 11.8. The molecule has 0 aromatic carbocycles. The maximum Gasteiger partial charge on any atom is 0.0337 e. The Morgan fingerprint density at radius 1 is 1.28 bits per heavy atom. The van der Waals surface area contributed by atoms with Crippen molar-refractivity contribution in [2.45, 2.75) is 45.2 Å². The molecule has 18 heavy (non-hydrogen) atoms. The average Bonchev–Trinajstić information content (AvgIpc) is 2.68. The van der Waals surface area contributed by atoms with Crippen molar-refractivity contribution in [1.29, 1.82) is 0 Å². The van der Waals surface area contributed by atoms with Crippen molar-refractivity contribution < 1.29 is 0 Å². The van der Waals surface area contributed by atoms with Gasteiger partial charge < -0.3 is 5.73 Å². The number of hydrogen-bond donors (Lipinski definition) is 1. The minimum absolute atomic E-state index is 0.173. The van der Waals surface area contributed by atoms with Crippen LogP contribution < -0.4 is 5.73 Å². The fraction of sp³-hybridized carbons (Fsp3) is 0.667. The lowest BCUT2D eigenvalue weighted by Crippen LogP contribution is -2.50. The first-order valence-electron chi connectivity index (χ1n) is 6.78. The summed E-state index contributed by atoms with van der Waals surface area (Å²) in [6.45, 7) is 6.41. The Kier molecular flexibility index (Phi) is 3.74. The summed E-state index contributed by atoms with van der Waals surface area (Å²) in [5.74, 6) is 0. The summed E-state index contributed by atoms with van der Waals surface area (Å²) in [6, 6.07) is 4.17. The Morgan fingerprint density at radius 3 is 2.44 bits per heavy atom. The number of likely N-dealkylation sites (N-methyl/N-ethyl adjacent to an activating group) is 1. The van der Waals surface area contributed by atoms with E-state index in [9.17, 15) is 0 Å². The average molecular weight is 247 g/mol. The van der Waals surface area contributed by atoms with Crippen LogP contribution in [0.5, 0.6) is 0 Å². The van der Waals surface area contributed by atoms with Crippen LogP contribution in [0, 0.1) is 5.41 Å². The number of aromatic nitrogens is 1. The summed E-state index contributed by atoms with van der Waals surface area (Å²) >= 11 is 0. The highest BCUT2D eigenvalue weighted by atomic mass is 15.2. The highest BCUT2D eigenvalue weighted by molar-refractivity contribution is 5.11. The van der Waals surface area contributed by atoms with Gasteiger partial charge in [0.05, 0.1) is 0 Å². The molecule has 1 unspecified atom stereocenters. The van der Waals surface area contributed by atoms with Crippen molar-refractivity contribution in [1.82, 2.24) is 9.88 Å². The lowest BCUT2D eigenvalue weighted by atomic mass is 9.86. The van der Waals surface area contributed by atoms with Crippen LogP contribution in [0.3, 0.4) is 0 Å². The normalized spacial score (nSPS) is 26.7. The van der Waals surface area contributed by atoms with Crippen LogP contribution in [0.15, 0.2) is 24.5 Å². The van der Waals surface area contributed by atoms with Crippen LogP contribution >= 0.6 is 0 Å². The van der Waals surface area contributed by atoms with Gasteiger partial charge in [-0.3, -0.25) is 9.88 Å². The largest absolute Gasteiger partial charge is 0.329 e. The molecule has 3 heteroatoms. The van der Waals surface area contributed by atoms with Gasteiger partial charge in [-0.2, -0.15) is 0 Å². The molecule has 1 aliphatic carbocycles. The van der Waals surface area contributed by atoms with E-state index in [0.29, 0.717) is 5.41 Å². The van der Waals surface area contributed by atoms with Gasteiger partial charge in [-0.15, -0.1) is 0 Å². The Hall–Kier alpha value is -0.930. The number of pyridine rings is 1. The van der Waals surface area contributed by atoms with E-state index in [1.165, 1.54) is 24.8 Å². The maximum atomic E-state index is 6.09. The number of hydrogen-bond acceptors (Lipinski definition) is 3. The summed E-state index contributed by atoms with van der Waals surface area (Å²) in [7, 11) is 2.20. The molecule has 3 nitrogen and oxygen atoms in total. The molecule has 1 saturated carbocycles. The predicted molar refractivity (Wildman–Crippen MR) is 75.1 cm³/mol. The smallest absolute Gasteiger partial charge is 0.0337 e. The Balaban J connectivity index is 2.09. The van der Waals surface area contributed by atoms with Crippen LogP contribution in [0.1, 0.15) is 38.7 Å². The first kappa shape index (κ1) is 13.5. The summed E-state index contributed by atoms with van der Waals surface area (Å²) in [5.41, 5.74) is 8.00. The molecule has 2 rings (SSSR count). The maximum absolute atomic E-state index is 6.09. The monoisotopic (exact) mass is 247 g/mol. The van der Waals surface area contributed by atoms with Crippen molar-refractivity contribution in [2.75, 3.05) is 13.6 Å². The fourth-order valence-corrected chi connectivity index (χ4v) is 3.22. The molecule has 1 aliphatic rings. The van der Waals surface area contributed by atoms with E-state index in [4.69, 9.17) is 5.73 Å². The highest BCUT2D eigenvalue weighted by Gasteiger charge is 2.44. The molecule has 1 aromatic rings. The predicted octanol–water partition coefficient (Wildman–Crippen LogP) is 2.42. The second-order valence-electron chi connectivity index (χ2n) is 6.48. The van der Waals surface area contributed by atoms with Gasteiger partial charge in [0.25, 0.3) is 0 Å². The van der Waals surface area contributed by atoms with Crippen molar-refractivity contribution in [3.05, 3.63) is 30.1 Å². The SMILES string of the molecule is CN(Cc1ccncc1)C1(CN)CCC(C)(C)C1. The van der Waals surface area contributed by atoms with Crippen LogP contribution in [-0.4, -0.2) is 29.0 Å². The second-order valence-corrected chi connectivity index (χ2v) is 6.48. The summed E-state index contributed by atoms with van der Waals surface area (Å²) < 4.78 is 0. The van der Waals surface area contributed by atoms with E-state index in [2.05, 4.69) is 42.9 Å². The van der Waals surface area contributed by atoms with Gasteiger partial charge in [-0.1, -0.05) is 13.8 Å². The number of nitrogens with zero attached hydrogens (tertiary/aromatic N) is 2. The molecule has 0 radical (unpaired) electrons. The third kappa shape index (κ3) is 2.73. The molecule has 0 aliphatic heterocycles. The van der Waals surface area contributed by atoms with Crippen molar-refractivity contribution >= 4 is 0 Å². The second kappa shape index (κ2) is 4.98. The molecular formula is C15H25N3. The Labute approximate surface area is 110 Å². The van der Waals surface area contributed by atoms with E-state index in [-0.39, 0.29) is 5.54 Å². The van der Waals surface area contributed by atoms with Crippen LogP contribution in [0.25, 0.3) is 0 Å². The molecule has 2 N–H and O–H groups in total. The topological polar surface area (TPSA) is 42.2 Å². The fourth-order valence-electron chi connectivity index (χ4n) is 3.22. The van der Waals surface area contributed by atoms with Gasteiger partial charge in [-0.05, 0) is 49.4 Å². The summed E-state index contributed by atoms with van der Waals surface area (Å²) in [5, 5.41) is 0. The first-order chi connectivity index (χ1) is 8.47. The molecule has 1 heterocycles. The summed E-state index contributed by atoms with van der Waals surface area (Å²) in [4.78, 5) is 6.51. The number of nitrogens with two attached hydrogens (primary N) is 1. The molecule has 0 spiro atoms. The molecule has 0 amide bonds. The van der Waals surface area contributed by atoms with Crippen molar-refractivity contribution in [3.63, 3.8) is 0 Å². The number of rotatable bonds is 4. The van der Waals surface area contributed by atoms with E-state index in [0.717, 1.165) is 13.1 Å². The third-order valence-corrected chi connectivity index (χ3v) is 4.43. The minimum atomic E-state index is 0.173. The molecule has 1 aromatic heterocycles. The van der Waals surface area contributed by atoms with Gasteiger partial charge in [0.1, 0.15) is 0 Å². The van der Waals surface area contributed by atoms with Crippen LogP contribution in [-0.2, 0) is 6.54 Å². The van der Waals surface area contributed by atoms with Gasteiger partial charge in [0, 0.05) is 31.0 Å². The van der Waals surface area contributed by atoms with E-state index < -0.39 is 0 Å². The Morgan fingerprint density at radius 2 is 1.94 bits per heavy atom. The molecule has 0 bridgehead atoms. The molecule has 1 atom stereocenters. The van der Waals surface area contributed by atoms with Crippen LogP contribution in [0.2, 0.25) is 0 Å². The quantitative estimate of drug-likeness (QED) is 0.888. The zero-order valence-corrected chi connectivity index (χ0v) is 11.8. The standard InChI is InChI=1S/C15H25N3/c1-14(2)6-7-15(11-14,12-16)18(3)10-13-4-8-17-9-5-13/h4-5,8-9H,6-7,10-12,16H2,1-3H3. The minimum Gasteiger partial charge on any atom is -0.329 e. The van der Waals surface area contributed by atoms with Crippen molar-refractivity contribution in [2.24, 2.45) is 11.1 Å².